The maximum atomic E-state index is 12.6. The lowest BCUT2D eigenvalue weighted by Gasteiger charge is -2.35. The van der Waals surface area contributed by atoms with Crippen LogP contribution in [0.5, 0.6) is 0 Å². The molecule has 24 heavy (non-hydrogen) atoms. The predicted octanol–water partition coefficient (Wildman–Crippen LogP) is 2.15. The molecule has 3 rings (SSSR count). The molecule has 0 bridgehead atoms. The van der Waals surface area contributed by atoms with Crippen LogP contribution in [-0.2, 0) is 0 Å². The number of thioether (sulfide) groups is 1. The van der Waals surface area contributed by atoms with Crippen LogP contribution in [0.1, 0.15) is 22.8 Å². The fourth-order valence-electron chi connectivity index (χ4n) is 2.91. The number of aliphatic imine (C=N–C) groups is 1. The normalized spacial score (nSPS) is 20.9. The van der Waals surface area contributed by atoms with Crippen LogP contribution >= 0.6 is 11.8 Å². The molecule has 1 aromatic carbocycles. The molecular formula is C16H20N4O3S. The van der Waals surface area contributed by atoms with Gasteiger partial charge < -0.3 is 9.80 Å². The molecule has 2 aliphatic rings. The molecular weight excluding hydrogens is 328 g/mol. The van der Waals surface area contributed by atoms with Crippen LogP contribution in [0.3, 0.4) is 0 Å². The average molecular weight is 348 g/mol. The van der Waals surface area contributed by atoms with E-state index in [-0.39, 0.29) is 11.6 Å². The smallest absolute Gasteiger partial charge is 0.272 e. The van der Waals surface area contributed by atoms with Crippen molar-refractivity contribution < 1.29 is 9.72 Å². The largest absolute Gasteiger partial charge is 0.348 e. The van der Waals surface area contributed by atoms with Crippen LogP contribution in [0.15, 0.2) is 23.2 Å². The summed E-state index contributed by atoms with van der Waals surface area (Å²) in [4.78, 5) is 31.7. The number of amidine groups is 1. The zero-order valence-corrected chi connectivity index (χ0v) is 14.6. The molecule has 0 spiro atoms. The van der Waals surface area contributed by atoms with E-state index in [0.717, 1.165) is 24.8 Å². The molecule has 0 saturated carbocycles. The summed E-state index contributed by atoms with van der Waals surface area (Å²) in [5.74, 6) is -0.0676. The number of benzene rings is 1. The Morgan fingerprint density at radius 1 is 1.33 bits per heavy atom. The average Bonchev–Trinajstić information content (AvgIpc) is 3.00. The zero-order chi connectivity index (χ0) is 17.3. The molecule has 2 aliphatic heterocycles. The monoisotopic (exact) mass is 348 g/mol. The number of nitro groups is 1. The number of aryl methyl sites for hydroxylation is 1. The second-order valence-corrected chi connectivity index (χ2v) is 7.49. The molecule has 128 valence electrons. The third-order valence-corrected chi connectivity index (χ3v) is 5.42. The fourth-order valence-corrected chi connectivity index (χ4v) is 3.90. The minimum atomic E-state index is -0.427. The van der Waals surface area contributed by atoms with Gasteiger partial charge in [-0.25, -0.2) is 0 Å². The molecule has 2 heterocycles. The molecule has 0 radical (unpaired) electrons. The van der Waals surface area contributed by atoms with E-state index in [2.05, 4.69) is 16.8 Å². The summed E-state index contributed by atoms with van der Waals surface area (Å²) < 4.78 is 0. The van der Waals surface area contributed by atoms with Crippen molar-refractivity contribution in [3.8, 4) is 0 Å². The molecule has 1 atom stereocenters. The van der Waals surface area contributed by atoms with Gasteiger partial charge in [0, 0.05) is 48.6 Å². The molecule has 0 N–H and O–H groups in total. The summed E-state index contributed by atoms with van der Waals surface area (Å²) in [5, 5.41) is 12.5. The van der Waals surface area contributed by atoms with Gasteiger partial charge in [-0.05, 0) is 19.1 Å². The first-order chi connectivity index (χ1) is 11.5. The lowest BCUT2D eigenvalue weighted by atomic mass is 10.1. The maximum Gasteiger partial charge on any atom is 0.272 e. The molecule has 0 aliphatic carbocycles. The molecule has 8 heteroatoms. The van der Waals surface area contributed by atoms with Crippen molar-refractivity contribution in [2.75, 3.05) is 32.7 Å². The Hall–Kier alpha value is -2.09. The van der Waals surface area contributed by atoms with Crippen molar-refractivity contribution >= 4 is 28.5 Å². The van der Waals surface area contributed by atoms with Crippen molar-refractivity contribution in [1.82, 2.24) is 9.80 Å². The first-order valence-electron chi connectivity index (χ1n) is 7.96. The SMILES string of the molecule is Cc1cc(C(=O)N2CCN(C3=NC[C@@H](C)S3)CC2)ccc1[N+](=O)[O-]. The van der Waals surface area contributed by atoms with E-state index in [9.17, 15) is 14.9 Å². The van der Waals surface area contributed by atoms with Crippen LogP contribution in [0.2, 0.25) is 0 Å². The van der Waals surface area contributed by atoms with Crippen LogP contribution in [0.25, 0.3) is 0 Å². The van der Waals surface area contributed by atoms with Gasteiger partial charge in [0.25, 0.3) is 11.6 Å². The van der Waals surface area contributed by atoms with Gasteiger partial charge in [0.05, 0.1) is 11.5 Å². The van der Waals surface area contributed by atoms with Gasteiger partial charge >= 0.3 is 0 Å². The second kappa shape index (κ2) is 6.80. The minimum Gasteiger partial charge on any atom is -0.348 e. The van der Waals surface area contributed by atoms with E-state index >= 15 is 0 Å². The Bertz CT molecular complexity index is 699. The molecule has 0 aromatic heterocycles. The van der Waals surface area contributed by atoms with Crippen molar-refractivity contribution in [2.45, 2.75) is 19.1 Å². The van der Waals surface area contributed by atoms with E-state index in [1.807, 2.05) is 0 Å². The number of hydrogen-bond acceptors (Lipinski definition) is 6. The Balaban J connectivity index is 1.63. The van der Waals surface area contributed by atoms with Gasteiger partial charge in [-0.15, -0.1) is 0 Å². The number of nitro benzene ring substituents is 1. The van der Waals surface area contributed by atoms with Crippen LogP contribution < -0.4 is 0 Å². The third-order valence-electron chi connectivity index (χ3n) is 4.27. The highest BCUT2D eigenvalue weighted by Gasteiger charge is 2.27. The summed E-state index contributed by atoms with van der Waals surface area (Å²) in [5.41, 5.74) is 1.06. The third kappa shape index (κ3) is 3.38. The summed E-state index contributed by atoms with van der Waals surface area (Å²) >= 11 is 1.79. The second-order valence-electron chi connectivity index (χ2n) is 6.09. The number of carbonyl (C=O) groups excluding carboxylic acids is 1. The number of carbonyl (C=O) groups is 1. The van der Waals surface area contributed by atoms with Crippen molar-refractivity contribution in [3.63, 3.8) is 0 Å². The molecule has 1 saturated heterocycles. The Kier molecular flexibility index (Phi) is 4.75. The van der Waals surface area contributed by atoms with E-state index < -0.39 is 4.92 Å². The minimum absolute atomic E-state index is 0.0433. The molecule has 1 amide bonds. The number of amides is 1. The summed E-state index contributed by atoms with van der Waals surface area (Å²) in [7, 11) is 0. The molecule has 0 unspecified atom stereocenters. The number of piperazine rings is 1. The molecule has 1 aromatic rings. The lowest BCUT2D eigenvalue weighted by Crippen LogP contribution is -2.49. The number of rotatable bonds is 2. The summed E-state index contributed by atoms with van der Waals surface area (Å²) in [6.07, 6.45) is 0. The van der Waals surface area contributed by atoms with Gasteiger partial charge in [-0.3, -0.25) is 19.9 Å². The maximum absolute atomic E-state index is 12.6. The van der Waals surface area contributed by atoms with Crippen molar-refractivity contribution in [3.05, 3.63) is 39.4 Å². The van der Waals surface area contributed by atoms with E-state index in [1.165, 1.54) is 6.07 Å². The lowest BCUT2D eigenvalue weighted by molar-refractivity contribution is -0.385. The first kappa shape index (κ1) is 16.8. The van der Waals surface area contributed by atoms with Crippen LogP contribution in [0, 0.1) is 17.0 Å². The predicted molar refractivity (Wildman–Crippen MR) is 94.7 cm³/mol. The molecule has 1 fully saturated rings. The summed E-state index contributed by atoms with van der Waals surface area (Å²) in [6, 6.07) is 4.55. The highest BCUT2D eigenvalue weighted by Crippen LogP contribution is 2.24. The number of hydrogen-bond donors (Lipinski definition) is 0. The number of nitrogens with zero attached hydrogens (tertiary/aromatic N) is 4. The van der Waals surface area contributed by atoms with Crippen LogP contribution in [0.4, 0.5) is 5.69 Å². The standard InChI is InChI=1S/C16H20N4O3S/c1-11-9-13(3-4-14(11)20(22)23)15(21)18-5-7-19(8-6-18)16-17-10-12(2)24-16/h3-4,9,12H,5-8,10H2,1-2H3/t12-/m1/s1. The highest BCUT2D eigenvalue weighted by molar-refractivity contribution is 8.14. The molecule has 7 nitrogen and oxygen atoms in total. The van der Waals surface area contributed by atoms with Crippen molar-refractivity contribution in [1.29, 1.82) is 0 Å². The fraction of sp³-hybridized carbons (Fsp3) is 0.500. The van der Waals surface area contributed by atoms with E-state index in [4.69, 9.17) is 0 Å². The van der Waals surface area contributed by atoms with E-state index in [0.29, 0.717) is 29.5 Å². The quantitative estimate of drug-likeness (QED) is 0.604. The Morgan fingerprint density at radius 3 is 2.58 bits per heavy atom. The van der Waals surface area contributed by atoms with Gasteiger partial charge in [-0.1, -0.05) is 18.7 Å². The van der Waals surface area contributed by atoms with Gasteiger partial charge in [0.2, 0.25) is 0 Å². The van der Waals surface area contributed by atoms with Gasteiger partial charge in [0.1, 0.15) is 0 Å². The summed E-state index contributed by atoms with van der Waals surface area (Å²) in [6.45, 7) is 7.51. The van der Waals surface area contributed by atoms with Gasteiger partial charge in [0.15, 0.2) is 5.17 Å². The zero-order valence-electron chi connectivity index (χ0n) is 13.8. The highest BCUT2D eigenvalue weighted by atomic mass is 32.2. The Morgan fingerprint density at radius 2 is 2.04 bits per heavy atom. The Labute approximate surface area is 144 Å². The van der Waals surface area contributed by atoms with E-state index in [1.54, 1.807) is 35.7 Å². The van der Waals surface area contributed by atoms with Gasteiger partial charge in [-0.2, -0.15) is 0 Å². The first-order valence-corrected chi connectivity index (χ1v) is 8.84. The van der Waals surface area contributed by atoms with Crippen molar-refractivity contribution in [2.24, 2.45) is 4.99 Å². The van der Waals surface area contributed by atoms with Crippen LogP contribution in [-0.4, -0.2) is 63.8 Å². The topological polar surface area (TPSA) is 79.0 Å².